The monoisotopic (exact) mass is 322 g/mol. The molecule has 1 saturated heterocycles. The zero-order chi connectivity index (χ0) is 14.8. The highest BCUT2D eigenvalue weighted by molar-refractivity contribution is 7.17. The molecular formula is C13H11ClN4O2S. The quantitative estimate of drug-likeness (QED) is 0.942. The van der Waals surface area contributed by atoms with Crippen molar-refractivity contribution in [1.29, 1.82) is 0 Å². The molecular weight excluding hydrogens is 312 g/mol. The van der Waals surface area contributed by atoms with Crippen LogP contribution in [0, 0.1) is 0 Å². The Morgan fingerprint density at radius 3 is 2.90 bits per heavy atom. The summed E-state index contributed by atoms with van der Waals surface area (Å²) in [5.74, 6) is -0.265. The highest BCUT2D eigenvalue weighted by Crippen LogP contribution is 2.25. The van der Waals surface area contributed by atoms with Gasteiger partial charge in [-0.05, 0) is 36.2 Å². The van der Waals surface area contributed by atoms with Crippen LogP contribution in [0.4, 0.5) is 11.4 Å². The maximum absolute atomic E-state index is 12.0. The second kappa shape index (κ2) is 5.79. The average Bonchev–Trinajstić information content (AvgIpc) is 3.08. The molecule has 108 valence electrons. The third kappa shape index (κ3) is 3.03. The van der Waals surface area contributed by atoms with E-state index >= 15 is 0 Å². The fraction of sp³-hybridized carbons (Fsp3) is 0.231. The molecule has 0 unspecified atom stereocenters. The van der Waals surface area contributed by atoms with Crippen LogP contribution in [0.3, 0.4) is 0 Å². The van der Waals surface area contributed by atoms with E-state index in [1.807, 2.05) is 6.07 Å². The Labute approximate surface area is 129 Å². The van der Waals surface area contributed by atoms with Crippen molar-refractivity contribution in [3.05, 3.63) is 33.7 Å². The number of nitrogens with one attached hydrogen (secondary N) is 1. The summed E-state index contributed by atoms with van der Waals surface area (Å²) < 4.78 is 0.219. The van der Waals surface area contributed by atoms with E-state index in [2.05, 4.69) is 15.5 Å². The summed E-state index contributed by atoms with van der Waals surface area (Å²) in [5.41, 5.74) is 1.38. The van der Waals surface area contributed by atoms with Crippen LogP contribution in [0.5, 0.6) is 0 Å². The lowest BCUT2D eigenvalue weighted by Crippen LogP contribution is -2.23. The van der Waals surface area contributed by atoms with E-state index in [1.54, 1.807) is 23.1 Å². The van der Waals surface area contributed by atoms with Gasteiger partial charge in [0.15, 0.2) is 0 Å². The van der Waals surface area contributed by atoms with Crippen LogP contribution in [0.1, 0.15) is 22.6 Å². The molecule has 8 heteroatoms. The van der Waals surface area contributed by atoms with Crippen LogP contribution >= 0.6 is 22.9 Å². The molecule has 2 aromatic rings. The zero-order valence-corrected chi connectivity index (χ0v) is 12.4. The van der Waals surface area contributed by atoms with Crippen molar-refractivity contribution in [1.82, 2.24) is 10.2 Å². The lowest BCUT2D eigenvalue weighted by molar-refractivity contribution is -0.117. The summed E-state index contributed by atoms with van der Waals surface area (Å²) >= 11 is 6.67. The summed E-state index contributed by atoms with van der Waals surface area (Å²) in [6, 6.07) is 7.17. The summed E-state index contributed by atoms with van der Waals surface area (Å²) in [7, 11) is 0. The number of carbonyl (C=O) groups excluding carboxylic acids is 2. The highest BCUT2D eigenvalue weighted by atomic mass is 35.5. The smallest absolute Gasteiger partial charge is 0.286 e. The second-order valence-corrected chi connectivity index (χ2v) is 6.07. The molecule has 0 radical (unpaired) electrons. The van der Waals surface area contributed by atoms with Gasteiger partial charge < -0.3 is 10.2 Å². The van der Waals surface area contributed by atoms with Crippen molar-refractivity contribution in [3.8, 4) is 0 Å². The summed E-state index contributed by atoms with van der Waals surface area (Å²) in [4.78, 5) is 25.4. The van der Waals surface area contributed by atoms with Gasteiger partial charge in [0.1, 0.15) is 0 Å². The fourth-order valence-electron chi connectivity index (χ4n) is 2.15. The van der Waals surface area contributed by atoms with Gasteiger partial charge in [0.2, 0.25) is 15.4 Å². The Balaban J connectivity index is 1.77. The van der Waals surface area contributed by atoms with Crippen LogP contribution in [-0.2, 0) is 4.79 Å². The predicted octanol–water partition coefficient (Wildman–Crippen LogP) is 2.57. The number of anilines is 2. The maximum Gasteiger partial charge on any atom is 0.286 e. The number of hydrogen-bond donors (Lipinski definition) is 1. The topological polar surface area (TPSA) is 75.2 Å². The number of amides is 2. The molecule has 21 heavy (non-hydrogen) atoms. The van der Waals surface area contributed by atoms with Crippen molar-refractivity contribution in [2.24, 2.45) is 0 Å². The van der Waals surface area contributed by atoms with Gasteiger partial charge in [-0.25, -0.2) is 0 Å². The van der Waals surface area contributed by atoms with Crippen LogP contribution in [0.15, 0.2) is 24.3 Å². The molecule has 1 aliphatic heterocycles. The highest BCUT2D eigenvalue weighted by Gasteiger charge is 2.22. The second-order valence-electron chi connectivity index (χ2n) is 4.51. The first-order chi connectivity index (χ1) is 10.1. The molecule has 1 aliphatic rings. The number of aromatic nitrogens is 2. The molecule has 3 rings (SSSR count). The van der Waals surface area contributed by atoms with E-state index in [4.69, 9.17) is 11.6 Å². The summed E-state index contributed by atoms with van der Waals surface area (Å²) in [6.45, 7) is 0.711. The molecule has 0 aliphatic carbocycles. The van der Waals surface area contributed by atoms with Gasteiger partial charge in [-0.1, -0.05) is 17.4 Å². The molecule has 0 bridgehead atoms. The number of hydrogen-bond acceptors (Lipinski definition) is 5. The van der Waals surface area contributed by atoms with Crippen molar-refractivity contribution < 1.29 is 9.59 Å². The van der Waals surface area contributed by atoms with Gasteiger partial charge in [0.25, 0.3) is 5.91 Å². The average molecular weight is 323 g/mol. The summed E-state index contributed by atoms with van der Waals surface area (Å²) in [5, 5.41) is 10.2. The van der Waals surface area contributed by atoms with Crippen LogP contribution in [0.25, 0.3) is 0 Å². The van der Waals surface area contributed by atoms with Gasteiger partial charge in [0.05, 0.1) is 0 Å². The van der Waals surface area contributed by atoms with Crippen molar-refractivity contribution in [2.75, 3.05) is 16.8 Å². The van der Waals surface area contributed by atoms with Gasteiger partial charge in [-0.3, -0.25) is 9.59 Å². The lowest BCUT2D eigenvalue weighted by atomic mass is 10.2. The van der Waals surface area contributed by atoms with Gasteiger partial charge in [-0.15, -0.1) is 10.2 Å². The number of nitrogens with zero attached hydrogens (tertiary/aromatic N) is 3. The number of halogens is 1. The van der Waals surface area contributed by atoms with Crippen LogP contribution in [-0.4, -0.2) is 28.6 Å². The standard InChI is InChI=1S/C13H11ClN4O2S/c14-13-17-16-12(21-13)11(20)15-8-3-1-4-9(7-8)18-6-2-5-10(18)19/h1,3-4,7H,2,5-6H2,(H,15,20). The molecule has 1 fully saturated rings. The molecule has 0 spiro atoms. The first kappa shape index (κ1) is 14.0. The van der Waals surface area contributed by atoms with E-state index in [0.717, 1.165) is 23.4 Å². The maximum atomic E-state index is 12.0. The third-order valence-electron chi connectivity index (χ3n) is 3.08. The molecule has 0 atom stereocenters. The Morgan fingerprint density at radius 2 is 2.24 bits per heavy atom. The molecule has 2 heterocycles. The van der Waals surface area contributed by atoms with Gasteiger partial charge in [-0.2, -0.15) is 0 Å². The normalized spacial score (nSPS) is 14.5. The lowest BCUT2D eigenvalue weighted by Gasteiger charge is -2.16. The largest absolute Gasteiger partial charge is 0.320 e. The number of rotatable bonds is 3. The number of benzene rings is 1. The van der Waals surface area contributed by atoms with Crippen molar-refractivity contribution in [2.45, 2.75) is 12.8 Å². The van der Waals surface area contributed by atoms with Crippen LogP contribution < -0.4 is 10.2 Å². The van der Waals surface area contributed by atoms with Crippen molar-refractivity contribution in [3.63, 3.8) is 0 Å². The fourth-order valence-corrected chi connectivity index (χ4v) is 2.88. The Morgan fingerprint density at radius 1 is 1.38 bits per heavy atom. The van der Waals surface area contributed by atoms with E-state index in [0.29, 0.717) is 18.7 Å². The third-order valence-corrected chi connectivity index (χ3v) is 4.10. The predicted molar refractivity (Wildman–Crippen MR) is 80.9 cm³/mol. The molecule has 1 N–H and O–H groups in total. The molecule has 1 aromatic heterocycles. The SMILES string of the molecule is O=C(Nc1cccc(N2CCCC2=O)c1)c1nnc(Cl)s1. The minimum Gasteiger partial charge on any atom is -0.320 e. The molecule has 1 aromatic carbocycles. The van der Waals surface area contributed by atoms with Gasteiger partial charge in [0, 0.05) is 24.3 Å². The Kier molecular flexibility index (Phi) is 3.85. The van der Waals surface area contributed by atoms with E-state index in [-0.39, 0.29) is 21.3 Å². The Hall–Kier alpha value is -1.99. The Bertz CT molecular complexity index is 703. The molecule has 6 nitrogen and oxygen atoms in total. The van der Waals surface area contributed by atoms with E-state index < -0.39 is 0 Å². The molecule has 0 saturated carbocycles. The first-order valence-electron chi connectivity index (χ1n) is 6.34. The number of carbonyl (C=O) groups is 2. The van der Waals surface area contributed by atoms with Crippen LogP contribution in [0.2, 0.25) is 4.47 Å². The minimum atomic E-state index is -0.371. The zero-order valence-electron chi connectivity index (χ0n) is 10.9. The van der Waals surface area contributed by atoms with Gasteiger partial charge >= 0.3 is 0 Å². The molecule has 2 amide bonds. The minimum absolute atomic E-state index is 0.106. The first-order valence-corrected chi connectivity index (χ1v) is 7.54. The summed E-state index contributed by atoms with van der Waals surface area (Å²) in [6.07, 6.45) is 1.43. The van der Waals surface area contributed by atoms with E-state index in [9.17, 15) is 9.59 Å². The van der Waals surface area contributed by atoms with Crippen molar-refractivity contribution >= 4 is 46.1 Å². The van der Waals surface area contributed by atoms with E-state index in [1.165, 1.54) is 0 Å².